The number of benzene rings is 1. The van der Waals surface area contributed by atoms with E-state index >= 15 is 0 Å². The first kappa shape index (κ1) is 19.5. The Morgan fingerprint density at radius 3 is 2.31 bits per heavy atom. The molecule has 6 nitrogen and oxygen atoms in total. The summed E-state index contributed by atoms with van der Waals surface area (Å²) in [5.74, 6) is 0.112. The molecule has 0 heterocycles. The molecule has 8 heteroatoms. The monoisotopic (exact) mass is 400 g/mol. The topological polar surface area (TPSA) is 84.5 Å². The molecule has 2 aliphatic carbocycles. The third-order valence-electron chi connectivity index (χ3n) is 4.97. The fourth-order valence-corrected chi connectivity index (χ4v) is 5.21. The Labute approximate surface area is 159 Å². The summed E-state index contributed by atoms with van der Waals surface area (Å²) in [4.78, 5) is 12.0. The van der Waals surface area contributed by atoms with Crippen LogP contribution in [0.4, 0.5) is 0 Å². The van der Waals surface area contributed by atoms with E-state index in [0.717, 1.165) is 51.4 Å². The van der Waals surface area contributed by atoms with E-state index in [1.165, 1.54) is 18.2 Å². The lowest BCUT2D eigenvalue weighted by atomic mass is 10.2. The van der Waals surface area contributed by atoms with Crippen molar-refractivity contribution < 1.29 is 17.9 Å². The van der Waals surface area contributed by atoms with E-state index in [9.17, 15) is 13.2 Å². The highest BCUT2D eigenvalue weighted by Crippen LogP contribution is 2.28. The van der Waals surface area contributed by atoms with Gasteiger partial charge in [0.15, 0.2) is 6.61 Å². The van der Waals surface area contributed by atoms with Crippen molar-refractivity contribution in [2.45, 2.75) is 68.3 Å². The van der Waals surface area contributed by atoms with Crippen molar-refractivity contribution in [1.29, 1.82) is 0 Å². The van der Waals surface area contributed by atoms with Crippen molar-refractivity contribution in [2.24, 2.45) is 0 Å². The van der Waals surface area contributed by atoms with E-state index in [4.69, 9.17) is 16.3 Å². The minimum Gasteiger partial charge on any atom is -0.482 e. The number of carbonyl (C=O) groups excluding carboxylic acids is 1. The molecular weight excluding hydrogens is 376 g/mol. The molecule has 0 atom stereocenters. The molecule has 1 aromatic carbocycles. The van der Waals surface area contributed by atoms with E-state index in [2.05, 4.69) is 10.0 Å². The van der Waals surface area contributed by atoms with Gasteiger partial charge >= 0.3 is 0 Å². The van der Waals surface area contributed by atoms with Gasteiger partial charge in [0.1, 0.15) is 5.75 Å². The Morgan fingerprint density at radius 1 is 1.08 bits per heavy atom. The molecule has 0 aromatic heterocycles. The quantitative estimate of drug-likeness (QED) is 0.736. The van der Waals surface area contributed by atoms with Crippen molar-refractivity contribution in [3.8, 4) is 5.75 Å². The molecule has 3 rings (SSSR count). The fraction of sp³-hybridized carbons (Fsp3) is 0.611. The van der Waals surface area contributed by atoms with Gasteiger partial charge in [0.05, 0.1) is 9.92 Å². The maximum Gasteiger partial charge on any atom is 0.258 e. The lowest BCUT2D eigenvalue weighted by Gasteiger charge is -2.15. The molecule has 0 saturated heterocycles. The van der Waals surface area contributed by atoms with Gasteiger partial charge in [0.25, 0.3) is 5.91 Å². The van der Waals surface area contributed by atoms with Gasteiger partial charge in [0, 0.05) is 12.1 Å². The fourth-order valence-electron chi connectivity index (χ4n) is 3.58. The summed E-state index contributed by atoms with van der Waals surface area (Å²) in [5, 5.41) is 3.11. The first-order valence-electron chi connectivity index (χ1n) is 9.18. The zero-order valence-electron chi connectivity index (χ0n) is 14.7. The van der Waals surface area contributed by atoms with E-state index < -0.39 is 10.0 Å². The highest BCUT2D eigenvalue weighted by Gasteiger charge is 2.24. The molecular formula is C18H25ClN2O4S. The Morgan fingerprint density at radius 2 is 1.69 bits per heavy atom. The molecule has 2 saturated carbocycles. The molecule has 144 valence electrons. The molecule has 1 aromatic rings. The summed E-state index contributed by atoms with van der Waals surface area (Å²) in [7, 11) is -3.60. The van der Waals surface area contributed by atoms with Crippen LogP contribution in [0.3, 0.4) is 0 Å². The highest BCUT2D eigenvalue weighted by molar-refractivity contribution is 7.89. The Hall–Kier alpha value is -1.31. The lowest BCUT2D eigenvalue weighted by Crippen LogP contribution is -2.36. The number of amides is 1. The molecule has 1 amide bonds. The first-order chi connectivity index (χ1) is 12.4. The van der Waals surface area contributed by atoms with Crippen LogP contribution in [0.25, 0.3) is 0 Å². The second-order valence-electron chi connectivity index (χ2n) is 7.03. The van der Waals surface area contributed by atoms with Crippen molar-refractivity contribution in [3.05, 3.63) is 23.2 Å². The van der Waals surface area contributed by atoms with E-state index in [1.807, 2.05) is 0 Å². The van der Waals surface area contributed by atoms with Crippen molar-refractivity contribution in [3.63, 3.8) is 0 Å². The molecule has 2 fully saturated rings. The van der Waals surface area contributed by atoms with E-state index in [1.54, 1.807) is 0 Å². The average Bonchev–Trinajstić information content (AvgIpc) is 3.27. The normalized spacial score (nSPS) is 19.0. The SMILES string of the molecule is O=C(COc1ccc(S(=O)(=O)NC2CCCC2)cc1Cl)NC1CCCC1. The van der Waals surface area contributed by atoms with E-state index in [0.29, 0.717) is 5.75 Å². The maximum absolute atomic E-state index is 12.4. The average molecular weight is 401 g/mol. The second kappa shape index (κ2) is 8.59. The minimum absolute atomic E-state index is 0.00557. The van der Waals surface area contributed by atoms with Gasteiger partial charge in [-0.2, -0.15) is 0 Å². The summed E-state index contributed by atoms with van der Waals surface area (Å²) in [6, 6.07) is 4.54. The highest BCUT2D eigenvalue weighted by atomic mass is 35.5. The van der Waals surface area contributed by atoms with Crippen LogP contribution >= 0.6 is 11.6 Å². The number of halogens is 1. The predicted molar refractivity (Wildman–Crippen MR) is 99.9 cm³/mol. The lowest BCUT2D eigenvalue weighted by molar-refractivity contribution is -0.123. The molecule has 2 aliphatic rings. The number of hydrogen-bond acceptors (Lipinski definition) is 4. The number of rotatable bonds is 7. The molecule has 0 spiro atoms. The van der Waals surface area contributed by atoms with Crippen molar-refractivity contribution >= 4 is 27.5 Å². The summed E-state index contributed by atoms with van der Waals surface area (Å²) in [6.07, 6.45) is 8.12. The molecule has 26 heavy (non-hydrogen) atoms. The van der Waals surface area contributed by atoms with Crippen molar-refractivity contribution in [2.75, 3.05) is 6.61 Å². The van der Waals surface area contributed by atoms with Crippen LogP contribution in [-0.4, -0.2) is 33.0 Å². The number of hydrogen-bond donors (Lipinski definition) is 2. The summed E-state index contributed by atoms with van der Waals surface area (Å²) < 4.78 is 33.0. The van der Waals surface area contributed by atoms with E-state index in [-0.39, 0.29) is 34.5 Å². The predicted octanol–water partition coefficient (Wildman–Crippen LogP) is 3.00. The van der Waals surface area contributed by atoms with Gasteiger partial charge < -0.3 is 10.1 Å². The standard InChI is InChI=1S/C18H25ClN2O4S/c19-16-11-15(26(23,24)21-14-7-3-4-8-14)9-10-17(16)25-12-18(22)20-13-5-1-2-6-13/h9-11,13-14,21H,1-8,12H2,(H,20,22). The van der Waals surface area contributed by atoms with Crippen LogP contribution in [0.5, 0.6) is 5.75 Å². The summed E-state index contributed by atoms with van der Waals surface area (Å²) >= 11 is 6.16. The minimum atomic E-state index is -3.60. The Kier molecular flexibility index (Phi) is 6.42. The van der Waals surface area contributed by atoms with Crippen LogP contribution in [-0.2, 0) is 14.8 Å². The second-order valence-corrected chi connectivity index (χ2v) is 9.15. The van der Waals surface area contributed by atoms with Crippen LogP contribution in [0.1, 0.15) is 51.4 Å². The van der Waals surface area contributed by atoms with Gasteiger partial charge in [-0.25, -0.2) is 13.1 Å². The van der Waals surface area contributed by atoms with Crippen LogP contribution in [0.15, 0.2) is 23.1 Å². The van der Waals surface area contributed by atoms with Crippen LogP contribution in [0, 0.1) is 0 Å². The van der Waals surface area contributed by atoms with Gasteiger partial charge in [-0.3, -0.25) is 4.79 Å². The molecule has 2 N–H and O–H groups in total. The summed E-state index contributed by atoms with van der Waals surface area (Å²) in [6.45, 7) is -0.136. The molecule has 0 aliphatic heterocycles. The zero-order chi connectivity index (χ0) is 18.6. The smallest absolute Gasteiger partial charge is 0.258 e. The van der Waals surface area contributed by atoms with Crippen LogP contribution in [0.2, 0.25) is 5.02 Å². The van der Waals surface area contributed by atoms with Crippen LogP contribution < -0.4 is 14.8 Å². The molecule has 0 radical (unpaired) electrons. The zero-order valence-corrected chi connectivity index (χ0v) is 16.2. The van der Waals surface area contributed by atoms with Gasteiger partial charge in [-0.1, -0.05) is 37.3 Å². The number of sulfonamides is 1. The number of nitrogens with one attached hydrogen (secondary N) is 2. The third-order valence-corrected chi connectivity index (χ3v) is 6.78. The molecule has 0 bridgehead atoms. The Bertz CT molecular complexity index is 742. The van der Waals surface area contributed by atoms with Gasteiger partial charge in [-0.05, 0) is 43.9 Å². The van der Waals surface area contributed by atoms with Gasteiger partial charge in [-0.15, -0.1) is 0 Å². The molecule has 0 unspecified atom stereocenters. The number of ether oxygens (including phenoxy) is 1. The van der Waals surface area contributed by atoms with Gasteiger partial charge in [0.2, 0.25) is 10.0 Å². The van der Waals surface area contributed by atoms with Crippen molar-refractivity contribution in [1.82, 2.24) is 10.0 Å². The maximum atomic E-state index is 12.4. The Balaban J connectivity index is 1.57. The largest absolute Gasteiger partial charge is 0.482 e. The summed E-state index contributed by atoms with van der Waals surface area (Å²) in [5.41, 5.74) is 0. The third kappa shape index (κ3) is 5.11. The number of carbonyl (C=O) groups is 1. The first-order valence-corrected chi connectivity index (χ1v) is 11.0.